The van der Waals surface area contributed by atoms with E-state index in [4.69, 9.17) is 15.2 Å². The van der Waals surface area contributed by atoms with Gasteiger partial charge in [0.05, 0.1) is 6.54 Å². The maximum Gasteiger partial charge on any atom is 0.410 e. The fourth-order valence-electron chi connectivity index (χ4n) is 4.20. The molecule has 188 valence electrons. The molecule has 0 saturated carbocycles. The van der Waals surface area contributed by atoms with E-state index in [2.05, 4.69) is 4.98 Å². The maximum absolute atomic E-state index is 12.5. The van der Waals surface area contributed by atoms with Gasteiger partial charge in [-0.05, 0) is 26.3 Å². The fraction of sp³-hybridized carbons (Fsp3) is 0.500. The standard InChI is InChI=1S/C24H32N6O5/c1-24(2,3)35-23(33)29-13-14-30-18(15-29)26-19(20(25)31)21(30)27-9-11-28(12-10-27)22(32)34-16-17-7-5-4-6-8-17/h4-8H,9-16H2,1-3H3,(H2,25,31). The van der Waals surface area contributed by atoms with E-state index in [1.807, 2.05) is 60.6 Å². The third-order valence-corrected chi connectivity index (χ3v) is 5.87. The molecule has 4 rings (SSSR count). The molecule has 2 aromatic rings. The summed E-state index contributed by atoms with van der Waals surface area (Å²) in [5.41, 5.74) is 6.15. The minimum Gasteiger partial charge on any atom is -0.445 e. The molecular weight excluding hydrogens is 452 g/mol. The topological polar surface area (TPSA) is 123 Å². The van der Waals surface area contributed by atoms with Crippen molar-refractivity contribution in [3.8, 4) is 0 Å². The van der Waals surface area contributed by atoms with Crippen LogP contribution in [0.25, 0.3) is 0 Å². The zero-order valence-corrected chi connectivity index (χ0v) is 20.4. The third-order valence-electron chi connectivity index (χ3n) is 5.87. The van der Waals surface area contributed by atoms with Crippen LogP contribution in [0.1, 0.15) is 42.6 Å². The molecule has 35 heavy (non-hydrogen) atoms. The van der Waals surface area contributed by atoms with E-state index in [0.29, 0.717) is 50.9 Å². The molecule has 2 aliphatic heterocycles. The van der Waals surface area contributed by atoms with Crippen molar-refractivity contribution in [1.29, 1.82) is 0 Å². The lowest BCUT2D eigenvalue weighted by Gasteiger charge is -2.37. The summed E-state index contributed by atoms with van der Waals surface area (Å²) in [6.45, 7) is 8.66. The second-order valence-corrected chi connectivity index (χ2v) is 9.63. The van der Waals surface area contributed by atoms with Gasteiger partial charge in [0, 0.05) is 39.3 Å². The molecule has 11 nitrogen and oxygen atoms in total. The average Bonchev–Trinajstić information content (AvgIpc) is 3.21. The number of anilines is 1. The summed E-state index contributed by atoms with van der Waals surface area (Å²) in [6.07, 6.45) is -0.788. The number of nitrogens with two attached hydrogens (primary N) is 1. The minimum atomic E-state index is -0.629. The first kappa shape index (κ1) is 24.4. The molecule has 11 heteroatoms. The van der Waals surface area contributed by atoms with Crippen LogP contribution in [-0.4, -0.2) is 75.8 Å². The van der Waals surface area contributed by atoms with E-state index in [1.165, 1.54) is 0 Å². The van der Waals surface area contributed by atoms with Crippen molar-refractivity contribution in [2.75, 3.05) is 37.6 Å². The molecule has 2 aliphatic rings. The predicted octanol–water partition coefficient (Wildman–Crippen LogP) is 2.19. The first-order chi connectivity index (χ1) is 16.6. The minimum absolute atomic E-state index is 0.172. The Morgan fingerprint density at radius 2 is 1.60 bits per heavy atom. The van der Waals surface area contributed by atoms with Gasteiger partial charge in [0.25, 0.3) is 5.91 Å². The molecule has 0 spiro atoms. The molecule has 1 aromatic heterocycles. The maximum atomic E-state index is 12.5. The largest absolute Gasteiger partial charge is 0.445 e. The van der Waals surface area contributed by atoms with Crippen LogP contribution in [0, 0.1) is 0 Å². The number of aromatic nitrogens is 2. The number of fused-ring (bicyclic) bond motifs is 1. The van der Waals surface area contributed by atoms with Crippen LogP contribution in [0.15, 0.2) is 30.3 Å². The second kappa shape index (κ2) is 9.85. The van der Waals surface area contributed by atoms with Gasteiger partial charge < -0.3 is 29.6 Å². The Balaban J connectivity index is 1.41. The summed E-state index contributed by atoms with van der Waals surface area (Å²) >= 11 is 0. The Hall–Kier alpha value is -3.76. The Morgan fingerprint density at radius 3 is 2.23 bits per heavy atom. The number of hydrogen-bond acceptors (Lipinski definition) is 7. The summed E-state index contributed by atoms with van der Waals surface area (Å²) < 4.78 is 12.9. The molecule has 1 fully saturated rings. The van der Waals surface area contributed by atoms with Crippen LogP contribution in [0.2, 0.25) is 0 Å². The number of carbonyl (C=O) groups excluding carboxylic acids is 3. The molecule has 1 aromatic carbocycles. The van der Waals surface area contributed by atoms with Crippen molar-refractivity contribution < 1.29 is 23.9 Å². The number of benzene rings is 1. The zero-order valence-electron chi connectivity index (χ0n) is 20.4. The number of amides is 3. The van der Waals surface area contributed by atoms with Gasteiger partial charge in [0.15, 0.2) is 5.69 Å². The van der Waals surface area contributed by atoms with Crippen LogP contribution in [-0.2, 0) is 29.2 Å². The smallest absolute Gasteiger partial charge is 0.410 e. The number of rotatable bonds is 4. The molecule has 1 saturated heterocycles. The zero-order chi connectivity index (χ0) is 25.2. The molecule has 0 aliphatic carbocycles. The highest BCUT2D eigenvalue weighted by molar-refractivity contribution is 5.96. The second-order valence-electron chi connectivity index (χ2n) is 9.63. The van der Waals surface area contributed by atoms with Crippen molar-refractivity contribution in [2.24, 2.45) is 5.73 Å². The normalized spacial score (nSPS) is 16.0. The van der Waals surface area contributed by atoms with Crippen LogP contribution in [0.5, 0.6) is 0 Å². The molecule has 2 N–H and O–H groups in total. The van der Waals surface area contributed by atoms with Gasteiger partial charge in [-0.25, -0.2) is 14.6 Å². The number of primary amides is 1. The number of nitrogens with zero attached hydrogens (tertiary/aromatic N) is 5. The highest BCUT2D eigenvalue weighted by Crippen LogP contribution is 2.28. The molecule has 0 bridgehead atoms. The molecule has 0 unspecified atom stereocenters. The molecule has 3 amide bonds. The highest BCUT2D eigenvalue weighted by Gasteiger charge is 2.33. The summed E-state index contributed by atoms with van der Waals surface area (Å²) in [5.74, 6) is 0.583. The number of imidazole rings is 1. The monoisotopic (exact) mass is 484 g/mol. The van der Waals surface area contributed by atoms with Crippen LogP contribution in [0.3, 0.4) is 0 Å². The van der Waals surface area contributed by atoms with Crippen molar-refractivity contribution in [3.63, 3.8) is 0 Å². The Kier molecular flexibility index (Phi) is 6.86. The molecule has 0 radical (unpaired) electrons. The lowest BCUT2D eigenvalue weighted by Crippen LogP contribution is -2.50. The Morgan fingerprint density at radius 1 is 0.943 bits per heavy atom. The van der Waals surface area contributed by atoms with Crippen molar-refractivity contribution in [2.45, 2.75) is 46.1 Å². The van der Waals surface area contributed by atoms with E-state index in [0.717, 1.165) is 5.56 Å². The number of hydrogen-bond donors (Lipinski definition) is 1. The van der Waals surface area contributed by atoms with Gasteiger partial charge in [-0.2, -0.15) is 0 Å². The van der Waals surface area contributed by atoms with E-state index < -0.39 is 17.6 Å². The van der Waals surface area contributed by atoms with E-state index in [-0.39, 0.29) is 24.9 Å². The quantitative estimate of drug-likeness (QED) is 0.706. The number of ether oxygens (including phenoxy) is 2. The number of piperazine rings is 1. The Labute approximate surface area is 204 Å². The van der Waals surface area contributed by atoms with Gasteiger partial charge in [-0.1, -0.05) is 30.3 Å². The van der Waals surface area contributed by atoms with E-state index >= 15 is 0 Å². The van der Waals surface area contributed by atoms with Gasteiger partial charge >= 0.3 is 12.2 Å². The van der Waals surface area contributed by atoms with Crippen molar-refractivity contribution in [3.05, 3.63) is 47.4 Å². The fourth-order valence-corrected chi connectivity index (χ4v) is 4.20. The first-order valence-corrected chi connectivity index (χ1v) is 11.7. The van der Waals surface area contributed by atoms with E-state index in [1.54, 1.807) is 9.80 Å². The predicted molar refractivity (Wildman–Crippen MR) is 128 cm³/mol. The number of carbonyl (C=O) groups is 3. The van der Waals surface area contributed by atoms with Crippen LogP contribution in [0.4, 0.5) is 15.4 Å². The van der Waals surface area contributed by atoms with Crippen molar-refractivity contribution in [1.82, 2.24) is 19.4 Å². The van der Waals surface area contributed by atoms with Gasteiger partial charge in [0.1, 0.15) is 23.9 Å². The van der Waals surface area contributed by atoms with Crippen molar-refractivity contribution >= 4 is 23.9 Å². The summed E-state index contributed by atoms with van der Waals surface area (Å²) in [7, 11) is 0. The molecular formula is C24H32N6O5. The average molecular weight is 485 g/mol. The lowest BCUT2D eigenvalue weighted by atomic mass is 10.2. The molecule has 3 heterocycles. The van der Waals surface area contributed by atoms with Gasteiger partial charge in [0.2, 0.25) is 0 Å². The first-order valence-electron chi connectivity index (χ1n) is 11.7. The third kappa shape index (κ3) is 5.67. The highest BCUT2D eigenvalue weighted by atomic mass is 16.6. The van der Waals surface area contributed by atoms with Gasteiger partial charge in [-0.3, -0.25) is 9.69 Å². The lowest BCUT2D eigenvalue weighted by molar-refractivity contribution is 0.0195. The van der Waals surface area contributed by atoms with Crippen LogP contribution >= 0.6 is 0 Å². The Bertz CT molecular complexity index is 1090. The SMILES string of the molecule is CC(C)(C)OC(=O)N1CCn2c(nc(C(N)=O)c2N2CCN(C(=O)OCc3ccccc3)CC2)C1. The van der Waals surface area contributed by atoms with E-state index in [9.17, 15) is 14.4 Å². The summed E-state index contributed by atoms with van der Waals surface area (Å²) in [4.78, 5) is 46.9. The molecule has 0 atom stereocenters. The summed E-state index contributed by atoms with van der Waals surface area (Å²) in [6, 6.07) is 9.52. The van der Waals surface area contributed by atoms with Crippen LogP contribution < -0.4 is 10.6 Å². The van der Waals surface area contributed by atoms with Gasteiger partial charge in [-0.15, -0.1) is 0 Å². The summed E-state index contributed by atoms with van der Waals surface area (Å²) in [5, 5.41) is 0.